The molecule has 6 heteroatoms. The molecular weight excluding hydrogens is 264 g/mol. The molecule has 1 atom stereocenters. The maximum Gasteiger partial charge on any atom is 0.224 e. The van der Waals surface area contributed by atoms with E-state index >= 15 is 0 Å². The van der Waals surface area contributed by atoms with E-state index in [1.165, 1.54) is 0 Å². The molecule has 1 aliphatic heterocycles. The summed E-state index contributed by atoms with van der Waals surface area (Å²) < 4.78 is 23.1. The van der Waals surface area contributed by atoms with Crippen molar-refractivity contribution in [2.75, 3.05) is 18.1 Å². The first-order valence-corrected chi connectivity index (χ1v) is 8.96. The number of sulfone groups is 1. The van der Waals surface area contributed by atoms with Gasteiger partial charge in [-0.3, -0.25) is 4.79 Å². The second-order valence-corrected chi connectivity index (χ2v) is 8.21. The largest absolute Gasteiger partial charge is 0.339 e. The Kier molecular flexibility index (Phi) is 4.20. The third-order valence-electron chi connectivity index (χ3n) is 4.41. The van der Waals surface area contributed by atoms with Crippen molar-refractivity contribution in [2.45, 2.75) is 57.0 Å². The number of rotatable bonds is 4. The second-order valence-electron chi connectivity index (χ2n) is 5.98. The van der Waals surface area contributed by atoms with Crippen LogP contribution in [0.25, 0.3) is 0 Å². The van der Waals surface area contributed by atoms with Gasteiger partial charge in [-0.1, -0.05) is 12.8 Å². The highest BCUT2D eigenvalue weighted by atomic mass is 32.2. The van der Waals surface area contributed by atoms with E-state index in [0.29, 0.717) is 19.4 Å². The van der Waals surface area contributed by atoms with Crippen LogP contribution in [0.1, 0.15) is 45.4 Å². The highest BCUT2D eigenvalue weighted by Crippen LogP contribution is 2.31. The fourth-order valence-corrected chi connectivity index (χ4v) is 5.05. The minimum atomic E-state index is -2.95. The van der Waals surface area contributed by atoms with E-state index in [-0.39, 0.29) is 29.0 Å². The molecule has 1 saturated carbocycles. The summed E-state index contributed by atoms with van der Waals surface area (Å²) in [6.07, 6.45) is 4.91. The molecule has 0 bridgehead atoms. The second kappa shape index (κ2) is 5.40. The van der Waals surface area contributed by atoms with Crippen LogP contribution in [0.2, 0.25) is 0 Å². The number of amides is 1. The Balaban J connectivity index is 1.99. The summed E-state index contributed by atoms with van der Waals surface area (Å²) in [5.74, 6) is 0.341. The minimum Gasteiger partial charge on any atom is -0.339 e. The molecule has 0 aromatic heterocycles. The molecular formula is C13H24N2O3S. The van der Waals surface area contributed by atoms with Gasteiger partial charge in [-0.2, -0.15) is 0 Å². The molecule has 0 spiro atoms. The lowest BCUT2D eigenvalue weighted by Crippen LogP contribution is -2.47. The molecule has 2 fully saturated rings. The first kappa shape index (κ1) is 14.8. The van der Waals surface area contributed by atoms with Crippen molar-refractivity contribution in [3.63, 3.8) is 0 Å². The molecule has 2 rings (SSSR count). The fraction of sp³-hybridized carbons (Fsp3) is 0.923. The minimum absolute atomic E-state index is 0.0222. The highest BCUT2D eigenvalue weighted by Gasteiger charge is 2.37. The van der Waals surface area contributed by atoms with Gasteiger partial charge in [0.05, 0.1) is 11.5 Å². The predicted molar refractivity (Wildman–Crippen MR) is 74.4 cm³/mol. The van der Waals surface area contributed by atoms with Crippen molar-refractivity contribution in [1.29, 1.82) is 0 Å². The van der Waals surface area contributed by atoms with Crippen molar-refractivity contribution in [3.05, 3.63) is 0 Å². The van der Waals surface area contributed by atoms with Crippen molar-refractivity contribution in [3.8, 4) is 0 Å². The van der Waals surface area contributed by atoms with E-state index in [1.807, 2.05) is 6.92 Å². The van der Waals surface area contributed by atoms with Crippen LogP contribution in [-0.2, 0) is 14.6 Å². The topological polar surface area (TPSA) is 80.5 Å². The van der Waals surface area contributed by atoms with Crippen LogP contribution in [-0.4, -0.2) is 48.9 Å². The Morgan fingerprint density at radius 2 is 2.00 bits per heavy atom. The van der Waals surface area contributed by atoms with Gasteiger partial charge in [0.2, 0.25) is 5.91 Å². The molecule has 0 radical (unpaired) electrons. The molecule has 0 aromatic rings. The number of nitrogens with two attached hydrogens (primary N) is 1. The average molecular weight is 288 g/mol. The molecule has 1 aliphatic carbocycles. The van der Waals surface area contributed by atoms with Gasteiger partial charge in [0.25, 0.3) is 0 Å². The van der Waals surface area contributed by atoms with Gasteiger partial charge in [-0.25, -0.2) is 8.42 Å². The van der Waals surface area contributed by atoms with Gasteiger partial charge in [0.1, 0.15) is 0 Å². The smallest absolute Gasteiger partial charge is 0.224 e. The summed E-state index contributed by atoms with van der Waals surface area (Å²) in [6, 6.07) is -0.146. The first-order valence-electron chi connectivity index (χ1n) is 7.14. The quantitative estimate of drug-likeness (QED) is 0.825. The third-order valence-corrected chi connectivity index (χ3v) is 6.16. The molecule has 0 aromatic carbocycles. The van der Waals surface area contributed by atoms with Crippen molar-refractivity contribution >= 4 is 15.7 Å². The Hall–Kier alpha value is -0.620. The number of hydrogen-bond acceptors (Lipinski definition) is 4. The first-order chi connectivity index (χ1) is 8.85. The monoisotopic (exact) mass is 288 g/mol. The van der Waals surface area contributed by atoms with E-state index in [0.717, 1.165) is 25.7 Å². The van der Waals surface area contributed by atoms with Gasteiger partial charge in [-0.05, 0) is 26.2 Å². The van der Waals surface area contributed by atoms with E-state index in [9.17, 15) is 13.2 Å². The zero-order valence-electron chi connectivity index (χ0n) is 11.6. The van der Waals surface area contributed by atoms with Gasteiger partial charge < -0.3 is 10.6 Å². The molecule has 5 nitrogen and oxygen atoms in total. The van der Waals surface area contributed by atoms with E-state index in [4.69, 9.17) is 5.73 Å². The number of hydrogen-bond donors (Lipinski definition) is 1. The third kappa shape index (κ3) is 3.48. The zero-order valence-corrected chi connectivity index (χ0v) is 12.4. The molecule has 19 heavy (non-hydrogen) atoms. The summed E-state index contributed by atoms with van der Waals surface area (Å²) in [4.78, 5) is 14.1. The maximum absolute atomic E-state index is 12.4. The zero-order chi connectivity index (χ0) is 14.1. The molecule has 110 valence electrons. The molecule has 1 unspecified atom stereocenters. The van der Waals surface area contributed by atoms with E-state index in [2.05, 4.69) is 0 Å². The number of carbonyl (C=O) groups excluding carboxylic acids is 1. The summed E-state index contributed by atoms with van der Waals surface area (Å²) in [7, 11) is -2.95. The summed E-state index contributed by atoms with van der Waals surface area (Å²) in [5.41, 5.74) is 5.88. The number of nitrogens with zero attached hydrogens (tertiary/aromatic N) is 1. The van der Waals surface area contributed by atoms with Crippen LogP contribution in [0, 0.1) is 0 Å². The normalized spacial score (nSPS) is 28.4. The Morgan fingerprint density at radius 3 is 2.47 bits per heavy atom. The molecule has 1 heterocycles. The molecule has 1 saturated heterocycles. The van der Waals surface area contributed by atoms with Crippen molar-refractivity contribution in [2.24, 2.45) is 5.73 Å². The SMILES string of the molecule is CCN(C(=O)CC1(N)CCCC1)C1CCS(=O)(=O)C1. The molecule has 1 amide bonds. The standard InChI is InChI=1S/C13H24N2O3S/c1-2-15(11-5-8-19(17,18)10-11)12(16)9-13(14)6-3-4-7-13/h11H,2-10,14H2,1H3. The van der Waals surface area contributed by atoms with Gasteiger partial charge in [0.15, 0.2) is 9.84 Å². The molecule has 2 N–H and O–H groups in total. The van der Waals surface area contributed by atoms with Crippen LogP contribution in [0.15, 0.2) is 0 Å². The van der Waals surface area contributed by atoms with E-state index in [1.54, 1.807) is 4.90 Å². The average Bonchev–Trinajstić information content (AvgIpc) is 2.86. The van der Waals surface area contributed by atoms with Crippen molar-refractivity contribution in [1.82, 2.24) is 4.90 Å². The van der Waals surface area contributed by atoms with Crippen molar-refractivity contribution < 1.29 is 13.2 Å². The summed E-state index contributed by atoms with van der Waals surface area (Å²) in [6.45, 7) is 2.47. The molecule has 2 aliphatic rings. The Bertz CT molecular complexity index is 441. The van der Waals surface area contributed by atoms with Crippen LogP contribution in [0.4, 0.5) is 0 Å². The summed E-state index contributed by atoms with van der Waals surface area (Å²) in [5, 5.41) is 0. The Morgan fingerprint density at radius 1 is 1.37 bits per heavy atom. The van der Waals surface area contributed by atoms with Crippen LogP contribution in [0.5, 0.6) is 0 Å². The lowest BCUT2D eigenvalue weighted by atomic mass is 9.93. The van der Waals surface area contributed by atoms with Gasteiger partial charge >= 0.3 is 0 Å². The lowest BCUT2D eigenvalue weighted by Gasteiger charge is -2.31. The van der Waals surface area contributed by atoms with Crippen LogP contribution >= 0.6 is 0 Å². The summed E-state index contributed by atoms with van der Waals surface area (Å²) >= 11 is 0. The predicted octanol–water partition coefficient (Wildman–Crippen LogP) is 0.684. The fourth-order valence-electron chi connectivity index (χ4n) is 3.32. The van der Waals surface area contributed by atoms with Crippen LogP contribution < -0.4 is 5.73 Å². The van der Waals surface area contributed by atoms with Gasteiger partial charge in [0, 0.05) is 24.5 Å². The maximum atomic E-state index is 12.4. The lowest BCUT2D eigenvalue weighted by molar-refractivity contribution is -0.134. The number of carbonyl (C=O) groups is 1. The highest BCUT2D eigenvalue weighted by molar-refractivity contribution is 7.91. The Labute approximate surface area is 115 Å². The van der Waals surface area contributed by atoms with E-state index < -0.39 is 9.84 Å². The van der Waals surface area contributed by atoms with Gasteiger partial charge in [-0.15, -0.1) is 0 Å². The van der Waals surface area contributed by atoms with Crippen LogP contribution in [0.3, 0.4) is 0 Å².